The summed E-state index contributed by atoms with van der Waals surface area (Å²) in [6, 6.07) is 8.71. The Morgan fingerprint density at radius 3 is 2.62 bits per heavy atom. The molecule has 1 aromatic carbocycles. The highest BCUT2D eigenvalue weighted by Crippen LogP contribution is 2.23. The Bertz CT molecular complexity index is 946. The van der Waals surface area contributed by atoms with E-state index in [0.717, 1.165) is 10.2 Å². The molecule has 0 bridgehead atoms. The fraction of sp³-hybridized carbons (Fsp3) is 0.0714. The lowest BCUT2D eigenvalue weighted by Crippen LogP contribution is -2.19. The summed E-state index contributed by atoms with van der Waals surface area (Å²) in [7, 11) is 0. The topological polar surface area (TPSA) is 90.6 Å². The highest BCUT2D eigenvalue weighted by Gasteiger charge is 2.09. The number of H-pyrrole nitrogens is 2. The summed E-state index contributed by atoms with van der Waals surface area (Å²) in [5, 5.41) is 8.35. The van der Waals surface area contributed by atoms with Crippen LogP contribution in [0, 0.1) is 6.92 Å². The highest BCUT2D eigenvalue weighted by atomic mass is 79.9. The van der Waals surface area contributed by atoms with Crippen molar-refractivity contribution in [1.82, 2.24) is 15.2 Å². The van der Waals surface area contributed by atoms with Crippen LogP contribution in [0.25, 0.3) is 10.8 Å². The highest BCUT2D eigenvalue weighted by molar-refractivity contribution is 9.10. The van der Waals surface area contributed by atoms with Gasteiger partial charge >= 0.3 is 0 Å². The molecule has 0 aliphatic heterocycles. The number of halogens is 1. The van der Waals surface area contributed by atoms with Crippen molar-refractivity contribution in [1.29, 1.82) is 0 Å². The van der Waals surface area contributed by atoms with Gasteiger partial charge in [0.1, 0.15) is 5.82 Å². The number of rotatable bonds is 2. The number of fused-ring (bicyclic) bond motifs is 1. The molecule has 0 aliphatic carbocycles. The average Bonchev–Trinajstić information content (AvgIpc) is 2.47. The zero-order valence-corrected chi connectivity index (χ0v) is 12.6. The lowest BCUT2D eigenvalue weighted by atomic mass is 10.1. The normalized spacial score (nSPS) is 10.8. The zero-order chi connectivity index (χ0) is 15.0. The largest absolute Gasteiger partial charge is 0.340 e. The molecule has 0 unspecified atom stereocenters. The third-order valence-corrected chi connectivity index (χ3v) is 3.95. The maximum Gasteiger partial charge on any atom is 0.272 e. The Morgan fingerprint density at radius 2 is 1.86 bits per heavy atom. The first-order valence-electron chi connectivity index (χ1n) is 6.20. The summed E-state index contributed by atoms with van der Waals surface area (Å²) < 4.78 is 0.903. The molecular weight excluding hydrogens is 336 g/mol. The lowest BCUT2D eigenvalue weighted by Gasteiger charge is -2.09. The van der Waals surface area contributed by atoms with Gasteiger partial charge in [-0.3, -0.25) is 19.8 Å². The third-order valence-electron chi connectivity index (χ3n) is 3.11. The van der Waals surface area contributed by atoms with Crippen molar-refractivity contribution in [2.75, 3.05) is 5.32 Å². The van der Waals surface area contributed by atoms with E-state index < -0.39 is 0 Å². The standard InChI is InChI=1S/C14H11BrN4O2/c1-7-9(15)5-6-11(16-7)17-10-4-2-3-8-12(10)14(21)19-18-13(8)20/h2-6H,1H3,(H,16,17)(H,18,20)(H,19,21). The molecule has 0 amide bonds. The van der Waals surface area contributed by atoms with E-state index in [1.165, 1.54) is 0 Å². The summed E-state index contributed by atoms with van der Waals surface area (Å²) in [4.78, 5) is 28.1. The SMILES string of the molecule is Cc1nc(Nc2cccc3c(=O)[nH][nH]c(=O)c23)ccc1Br. The number of hydrogen-bond acceptors (Lipinski definition) is 4. The second kappa shape index (κ2) is 5.17. The number of hydrogen-bond donors (Lipinski definition) is 3. The van der Waals surface area contributed by atoms with Gasteiger partial charge in [0.25, 0.3) is 11.1 Å². The first kappa shape index (κ1) is 13.6. The molecule has 3 rings (SSSR count). The lowest BCUT2D eigenvalue weighted by molar-refractivity contribution is 0.977. The van der Waals surface area contributed by atoms with Gasteiger partial charge in [0.15, 0.2) is 0 Å². The molecule has 3 aromatic rings. The van der Waals surface area contributed by atoms with Crippen molar-refractivity contribution in [3.05, 3.63) is 61.2 Å². The minimum absolute atomic E-state index is 0.309. The van der Waals surface area contributed by atoms with Crippen LogP contribution in [0.2, 0.25) is 0 Å². The van der Waals surface area contributed by atoms with Crippen molar-refractivity contribution in [3.63, 3.8) is 0 Å². The van der Waals surface area contributed by atoms with E-state index in [1.54, 1.807) is 24.3 Å². The van der Waals surface area contributed by atoms with Crippen LogP contribution in [-0.4, -0.2) is 15.2 Å². The van der Waals surface area contributed by atoms with Crippen LogP contribution >= 0.6 is 15.9 Å². The molecule has 3 N–H and O–H groups in total. The number of benzene rings is 1. The molecular formula is C14H11BrN4O2. The van der Waals surface area contributed by atoms with Gasteiger partial charge in [0.2, 0.25) is 0 Å². The molecule has 0 saturated carbocycles. The summed E-state index contributed by atoms with van der Waals surface area (Å²) >= 11 is 3.38. The summed E-state index contributed by atoms with van der Waals surface area (Å²) in [6.07, 6.45) is 0. The van der Waals surface area contributed by atoms with Gasteiger partial charge in [-0.15, -0.1) is 0 Å². The van der Waals surface area contributed by atoms with Crippen LogP contribution in [0.5, 0.6) is 0 Å². The Morgan fingerprint density at radius 1 is 1.10 bits per heavy atom. The number of anilines is 2. The maximum atomic E-state index is 12.0. The molecule has 21 heavy (non-hydrogen) atoms. The van der Waals surface area contributed by atoms with E-state index in [-0.39, 0.29) is 11.1 Å². The Labute approximate surface area is 127 Å². The molecule has 7 heteroatoms. The summed E-state index contributed by atoms with van der Waals surface area (Å²) in [5.41, 5.74) is 0.663. The van der Waals surface area contributed by atoms with Gasteiger partial charge in [0, 0.05) is 4.47 Å². The van der Waals surface area contributed by atoms with Crippen molar-refractivity contribution in [3.8, 4) is 0 Å². The predicted molar refractivity (Wildman–Crippen MR) is 85.1 cm³/mol. The summed E-state index contributed by atoms with van der Waals surface area (Å²) in [6.45, 7) is 1.87. The van der Waals surface area contributed by atoms with Crippen molar-refractivity contribution < 1.29 is 0 Å². The van der Waals surface area contributed by atoms with Crippen molar-refractivity contribution >= 4 is 38.2 Å². The number of pyridine rings is 1. The van der Waals surface area contributed by atoms with Crippen LogP contribution in [0.4, 0.5) is 11.5 Å². The number of nitrogens with zero attached hydrogens (tertiary/aromatic N) is 1. The Balaban J connectivity index is 2.17. The van der Waals surface area contributed by atoms with Gasteiger partial charge in [0.05, 0.1) is 22.2 Å². The van der Waals surface area contributed by atoms with Gasteiger partial charge in [-0.1, -0.05) is 6.07 Å². The summed E-state index contributed by atoms with van der Waals surface area (Å²) in [5.74, 6) is 0.600. The molecule has 106 valence electrons. The van der Waals surface area contributed by atoms with E-state index in [0.29, 0.717) is 22.3 Å². The smallest absolute Gasteiger partial charge is 0.272 e. The van der Waals surface area contributed by atoms with E-state index >= 15 is 0 Å². The van der Waals surface area contributed by atoms with Gasteiger partial charge in [-0.05, 0) is 47.1 Å². The average molecular weight is 347 g/mol. The van der Waals surface area contributed by atoms with Crippen LogP contribution in [0.3, 0.4) is 0 Å². The van der Waals surface area contributed by atoms with Crippen molar-refractivity contribution in [2.45, 2.75) is 6.92 Å². The molecule has 2 aromatic heterocycles. The number of nitrogens with one attached hydrogen (secondary N) is 3. The monoisotopic (exact) mass is 346 g/mol. The van der Waals surface area contributed by atoms with E-state index in [1.807, 2.05) is 13.0 Å². The Hall–Kier alpha value is -2.41. The van der Waals surface area contributed by atoms with Gasteiger partial charge in [-0.25, -0.2) is 4.98 Å². The fourth-order valence-corrected chi connectivity index (χ4v) is 2.31. The zero-order valence-electron chi connectivity index (χ0n) is 11.0. The number of aromatic nitrogens is 3. The van der Waals surface area contributed by atoms with Crippen LogP contribution in [0.15, 0.2) is 44.4 Å². The maximum absolute atomic E-state index is 12.0. The second-order valence-corrected chi connectivity index (χ2v) is 5.38. The molecule has 0 radical (unpaired) electrons. The van der Waals surface area contributed by atoms with E-state index in [9.17, 15) is 9.59 Å². The first-order chi connectivity index (χ1) is 10.1. The molecule has 6 nitrogen and oxygen atoms in total. The van der Waals surface area contributed by atoms with E-state index in [4.69, 9.17) is 0 Å². The Kier molecular flexibility index (Phi) is 3.34. The molecule has 0 saturated heterocycles. The van der Waals surface area contributed by atoms with Gasteiger partial charge < -0.3 is 5.32 Å². The fourth-order valence-electron chi connectivity index (χ4n) is 2.09. The number of aryl methyl sites for hydroxylation is 1. The molecule has 0 fully saturated rings. The van der Waals surface area contributed by atoms with Crippen molar-refractivity contribution in [2.24, 2.45) is 0 Å². The molecule has 0 atom stereocenters. The predicted octanol–water partition coefficient (Wildman–Crippen LogP) is 2.43. The molecule has 0 spiro atoms. The van der Waals surface area contributed by atoms with Crippen LogP contribution in [0.1, 0.15) is 5.69 Å². The van der Waals surface area contributed by atoms with Crippen LogP contribution in [-0.2, 0) is 0 Å². The minimum Gasteiger partial charge on any atom is -0.340 e. The minimum atomic E-state index is -0.360. The second-order valence-electron chi connectivity index (χ2n) is 4.53. The van der Waals surface area contributed by atoms with E-state index in [2.05, 4.69) is 36.4 Å². The molecule has 2 heterocycles. The molecule has 0 aliphatic rings. The quantitative estimate of drug-likeness (QED) is 0.664. The van der Waals surface area contributed by atoms with Gasteiger partial charge in [-0.2, -0.15) is 0 Å². The number of aromatic amines is 2. The third kappa shape index (κ3) is 2.47. The van der Waals surface area contributed by atoms with Crippen LogP contribution < -0.4 is 16.4 Å². The first-order valence-corrected chi connectivity index (χ1v) is 6.99.